The maximum atomic E-state index is 9.39. The number of fused-ring (bicyclic) bond motifs is 3. The first kappa shape index (κ1) is 23.6. The van der Waals surface area contributed by atoms with Crippen molar-refractivity contribution in [2.24, 2.45) is 15.7 Å². The molecule has 2 bridgehead atoms. The Bertz CT molecular complexity index is 1460. The van der Waals surface area contributed by atoms with E-state index in [1.165, 1.54) is 6.20 Å². The summed E-state index contributed by atoms with van der Waals surface area (Å²) in [6.07, 6.45) is 2.17. The summed E-state index contributed by atoms with van der Waals surface area (Å²) < 4.78 is 11.4. The zero-order valence-electron chi connectivity index (χ0n) is 20.5. The maximum absolute atomic E-state index is 9.39. The van der Waals surface area contributed by atoms with Gasteiger partial charge in [0.1, 0.15) is 11.8 Å². The van der Waals surface area contributed by atoms with Crippen molar-refractivity contribution in [3.63, 3.8) is 0 Å². The molecule has 4 aliphatic rings. The maximum Gasteiger partial charge on any atom is 0.291 e. The van der Waals surface area contributed by atoms with Crippen LogP contribution in [0.25, 0.3) is 0 Å². The van der Waals surface area contributed by atoms with E-state index in [2.05, 4.69) is 26.3 Å². The van der Waals surface area contributed by atoms with E-state index in [9.17, 15) is 5.26 Å². The molecule has 3 saturated heterocycles. The number of amidine groups is 1. The van der Waals surface area contributed by atoms with Gasteiger partial charge in [0.2, 0.25) is 5.90 Å². The lowest BCUT2D eigenvalue weighted by Gasteiger charge is -2.48. The fourth-order valence-corrected chi connectivity index (χ4v) is 5.02. The van der Waals surface area contributed by atoms with Gasteiger partial charge in [-0.2, -0.15) is 5.26 Å². The predicted molar refractivity (Wildman–Crippen MR) is 145 cm³/mol. The van der Waals surface area contributed by atoms with E-state index in [0.29, 0.717) is 36.6 Å². The average Bonchev–Trinajstić information content (AvgIpc) is 3.12. The van der Waals surface area contributed by atoms with Crippen molar-refractivity contribution in [2.75, 3.05) is 29.9 Å². The third-order valence-electron chi connectivity index (χ3n) is 6.78. The first-order valence-corrected chi connectivity index (χ1v) is 12.4. The Balaban J connectivity index is 1.26. The number of morpholine rings is 1. The van der Waals surface area contributed by atoms with E-state index < -0.39 is 6.17 Å². The molecule has 10 heteroatoms. The number of para-hydroxylation sites is 1. The fraction of sp³-hybridized carbons (Fsp3) is 0.250. The van der Waals surface area contributed by atoms with Crippen LogP contribution >= 0.6 is 0 Å². The Kier molecular flexibility index (Phi) is 6.19. The van der Waals surface area contributed by atoms with E-state index in [4.69, 9.17) is 25.6 Å². The summed E-state index contributed by atoms with van der Waals surface area (Å²) in [5.74, 6) is -0.247. The van der Waals surface area contributed by atoms with Crippen LogP contribution in [-0.4, -0.2) is 60.6 Å². The number of nitrogens with two attached hydrogens (primary N) is 1. The number of anilines is 2. The molecular weight excluding hydrogens is 480 g/mol. The number of piperidine rings is 1. The van der Waals surface area contributed by atoms with Gasteiger partial charge in [-0.25, -0.2) is 9.98 Å². The second kappa shape index (κ2) is 9.95. The lowest BCUT2D eigenvalue weighted by Crippen LogP contribution is -2.57. The van der Waals surface area contributed by atoms with E-state index >= 15 is 0 Å². The zero-order valence-corrected chi connectivity index (χ0v) is 20.5. The number of hydrogen-bond acceptors (Lipinski definition) is 9. The predicted octanol–water partition coefficient (Wildman–Crippen LogP) is 2.88. The summed E-state index contributed by atoms with van der Waals surface area (Å²) in [5.41, 5.74) is 11.2. The van der Waals surface area contributed by atoms with Crippen molar-refractivity contribution in [2.45, 2.75) is 24.8 Å². The number of nitrogens with zero attached hydrogens (tertiary/aromatic N) is 5. The molecular formula is C28H26N8O2. The number of pyridine rings is 1. The first-order chi connectivity index (χ1) is 18.6. The molecule has 2 aromatic carbocycles. The number of rotatable bonds is 4. The molecule has 0 aliphatic carbocycles. The molecule has 4 N–H and O–H groups in total. The molecule has 7 rings (SSSR count). The Morgan fingerprint density at radius 2 is 1.89 bits per heavy atom. The van der Waals surface area contributed by atoms with Gasteiger partial charge in [-0.05, 0) is 12.1 Å². The molecule has 3 aromatic rings. The molecule has 1 aromatic heterocycles. The number of nitriles is 1. The second-order valence-electron chi connectivity index (χ2n) is 9.37. The molecule has 4 aliphatic heterocycles. The highest BCUT2D eigenvalue weighted by atomic mass is 16.5. The van der Waals surface area contributed by atoms with Crippen LogP contribution in [0.15, 0.2) is 76.8 Å². The van der Waals surface area contributed by atoms with E-state index in [1.807, 2.05) is 54.6 Å². The molecule has 0 spiro atoms. The van der Waals surface area contributed by atoms with Crippen LogP contribution in [0.4, 0.5) is 11.4 Å². The molecule has 5 heterocycles. The van der Waals surface area contributed by atoms with E-state index in [1.54, 1.807) is 6.07 Å². The minimum absolute atomic E-state index is 0.151. The Hall–Kier alpha value is -4.75. The van der Waals surface area contributed by atoms with Gasteiger partial charge in [0.05, 0.1) is 35.7 Å². The third-order valence-corrected chi connectivity index (χ3v) is 6.78. The third kappa shape index (κ3) is 4.67. The summed E-state index contributed by atoms with van der Waals surface area (Å²) in [4.78, 5) is 15.8. The molecule has 0 amide bonds. The molecule has 190 valence electrons. The fourth-order valence-electron chi connectivity index (χ4n) is 5.02. The van der Waals surface area contributed by atoms with E-state index in [0.717, 1.165) is 28.9 Å². The summed E-state index contributed by atoms with van der Waals surface area (Å²) in [7, 11) is 0. The Labute approximate surface area is 220 Å². The number of ether oxygens (including phenoxy) is 2. The molecule has 0 radical (unpaired) electrons. The minimum atomic E-state index is -0.579. The SMILES string of the molecule is N#Cc1cnc(C(=N)OC(N)=NC2CNc3ccccc3C(c3ccccc3)=N2)c(N2CC3CC(C2)O3)c1. The van der Waals surface area contributed by atoms with Gasteiger partial charge in [0.15, 0.2) is 6.17 Å². The van der Waals surface area contributed by atoms with Gasteiger partial charge in [-0.3, -0.25) is 10.4 Å². The number of aliphatic imine (C=N–C) groups is 2. The van der Waals surface area contributed by atoms with Crippen LogP contribution in [0, 0.1) is 16.7 Å². The highest BCUT2D eigenvalue weighted by molar-refractivity contribution is 6.16. The molecule has 3 fully saturated rings. The van der Waals surface area contributed by atoms with Crippen LogP contribution in [0.5, 0.6) is 0 Å². The van der Waals surface area contributed by atoms with Gasteiger partial charge in [-0.1, -0.05) is 48.5 Å². The lowest BCUT2D eigenvalue weighted by atomic mass is 9.98. The van der Waals surface area contributed by atoms with Crippen molar-refractivity contribution in [1.82, 2.24) is 4.98 Å². The van der Waals surface area contributed by atoms with Gasteiger partial charge >= 0.3 is 0 Å². The number of benzene rings is 2. The van der Waals surface area contributed by atoms with Gasteiger partial charge in [-0.15, -0.1) is 0 Å². The number of aromatic nitrogens is 1. The van der Waals surface area contributed by atoms with E-state index in [-0.39, 0.29) is 24.1 Å². The van der Waals surface area contributed by atoms with Crippen LogP contribution in [0.2, 0.25) is 0 Å². The number of benzodiazepines with no additional fused rings is 1. The normalized spacial score (nSPS) is 22.1. The van der Waals surface area contributed by atoms with Crippen LogP contribution in [0.1, 0.15) is 28.8 Å². The molecule has 38 heavy (non-hydrogen) atoms. The van der Waals surface area contributed by atoms with Crippen LogP contribution in [-0.2, 0) is 9.47 Å². The topological polar surface area (TPSA) is 145 Å². The summed E-state index contributed by atoms with van der Waals surface area (Å²) in [6, 6.07) is 21.5. The average molecular weight is 507 g/mol. The molecule has 3 atom stereocenters. The monoisotopic (exact) mass is 506 g/mol. The highest BCUT2D eigenvalue weighted by Gasteiger charge is 2.39. The first-order valence-electron chi connectivity index (χ1n) is 12.4. The summed E-state index contributed by atoms with van der Waals surface area (Å²) in [5, 5.41) is 21.4. The largest absolute Gasteiger partial charge is 0.405 e. The highest BCUT2D eigenvalue weighted by Crippen LogP contribution is 2.33. The summed E-state index contributed by atoms with van der Waals surface area (Å²) >= 11 is 0. The van der Waals surface area contributed by atoms with Gasteiger partial charge in [0.25, 0.3) is 6.02 Å². The quantitative estimate of drug-likeness (QED) is 0.364. The van der Waals surface area contributed by atoms with Crippen LogP contribution in [0.3, 0.4) is 0 Å². The smallest absolute Gasteiger partial charge is 0.291 e. The van der Waals surface area contributed by atoms with Crippen molar-refractivity contribution < 1.29 is 9.47 Å². The number of hydrogen-bond donors (Lipinski definition) is 3. The van der Waals surface area contributed by atoms with Crippen molar-refractivity contribution >= 4 is 29.0 Å². The summed E-state index contributed by atoms with van der Waals surface area (Å²) in [6.45, 7) is 1.74. The minimum Gasteiger partial charge on any atom is -0.405 e. The second-order valence-corrected chi connectivity index (χ2v) is 9.37. The Morgan fingerprint density at radius 3 is 2.66 bits per heavy atom. The van der Waals surface area contributed by atoms with Crippen molar-refractivity contribution in [3.05, 3.63) is 89.2 Å². The molecule has 10 nitrogen and oxygen atoms in total. The van der Waals surface area contributed by atoms with Crippen molar-refractivity contribution in [1.29, 1.82) is 10.7 Å². The molecule has 3 unspecified atom stereocenters. The van der Waals surface area contributed by atoms with Crippen molar-refractivity contribution in [3.8, 4) is 6.07 Å². The zero-order chi connectivity index (χ0) is 26.1. The lowest BCUT2D eigenvalue weighted by molar-refractivity contribution is -0.133. The molecule has 0 saturated carbocycles. The van der Waals surface area contributed by atoms with Gasteiger partial charge in [0, 0.05) is 42.5 Å². The van der Waals surface area contributed by atoms with Gasteiger partial charge < -0.3 is 25.4 Å². The Morgan fingerprint density at radius 1 is 1.16 bits per heavy atom. The number of nitrogens with one attached hydrogen (secondary N) is 2. The van der Waals surface area contributed by atoms with Crippen LogP contribution < -0.4 is 16.0 Å². The standard InChI is InChI=1S/C28H26N8O2/c29-12-17-10-23(36-15-19-11-20(16-36)37-19)26(33-13-17)27(30)38-28(31)35-24-14-32-22-9-5-4-8-21(22)25(34-24)18-6-2-1-3-7-18/h1-10,13,19-20,24,30,32H,11,14-16H2,(H2,31,35).